The fraction of sp³-hybridized carbons (Fsp3) is 0.333. The lowest BCUT2D eigenvalue weighted by Crippen LogP contribution is -2.40. The van der Waals surface area contributed by atoms with Crippen LogP contribution < -0.4 is 11.1 Å². The van der Waals surface area contributed by atoms with Crippen LogP contribution in [0.25, 0.3) is 0 Å². The molecule has 1 aliphatic rings. The van der Waals surface area contributed by atoms with Gasteiger partial charge in [-0.05, 0) is 13.0 Å². The van der Waals surface area contributed by atoms with E-state index < -0.39 is 17.9 Å². The van der Waals surface area contributed by atoms with Crippen molar-refractivity contribution >= 4 is 23.4 Å². The average Bonchev–Trinajstić information content (AvgIpc) is 2.60. The number of rotatable bonds is 2. The topological polar surface area (TPSA) is 105 Å². The zero-order valence-electron chi connectivity index (χ0n) is 10.6. The molecule has 0 radical (unpaired) electrons. The minimum Gasteiger partial charge on any atom is -0.397 e. The molecule has 7 heteroatoms. The molecule has 2 heterocycles. The van der Waals surface area contributed by atoms with Gasteiger partial charge in [-0.2, -0.15) is 0 Å². The zero-order chi connectivity index (χ0) is 14.2. The first kappa shape index (κ1) is 13.0. The fourth-order valence-electron chi connectivity index (χ4n) is 1.88. The Hall–Kier alpha value is -2.44. The molecule has 3 N–H and O–H groups in total. The van der Waals surface area contributed by atoms with E-state index in [1.54, 1.807) is 6.92 Å². The van der Waals surface area contributed by atoms with E-state index in [0.29, 0.717) is 16.9 Å². The third-order valence-corrected chi connectivity index (χ3v) is 3.04. The monoisotopic (exact) mass is 262 g/mol. The summed E-state index contributed by atoms with van der Waals surface area (Å²) in [5.74, 6) is -1.18. The van der Waals surface area contributed by atoms with Gasteiger partial charge in [-0.3, -0.25) is 24.3 Å². The summed E-state index contributed by atoms with van der Waals surface area (Å²) in [4.78, 5) is 40.1. The van der Waals surface area contributed by atoms with Gasteiger partial charge in [0.05, 0.1) is 29.6 Å². The first-order valence-electron chi connectivity index (χ1n) is 5.73. The number of anilines is 1. The Labute approximate surface area is 109 Å². The standard InChI is InChI=1S/C12H14N4O3/c1-6-8(3-7(13)5-14-6)11(18)15-9-4-10(17)16(2)12(9)19/h3,5,9H,4,13H2,1-2H3,(H,15,18). The molecular weight excluding hydrogens is 248 g/mol. The lowest BCUT2D eigenvalue weighted by molar-refractivity contribution is -0.137. The van der Waals surface area contributed by atoms with Gasteiger partial charge in [0.1, 0.15) is 6.04 Å². The van der Waals surface area contributed by atoms with Crippen molar-refractivity contribution in [2.45, 2.75) is 19.4 Å². The van der Waals surface area contributed by atoms with Crippen molar-refractivity contribution in [3.63, 3.8) is 0 Å². The van der Waals surface area contributed by atoms with Crippen molar-refractivity contribution in [3.8, 4) is 0 Å². The van der Waals surface area contributed by atoms with Crippen LogP contribution in [0.2, 0.25) is 0 Å². The van der Waals surface area contributed by atoms with E-state index in [9.17, 15) is 14.4 Å². The highest BCUT2D eigenvalue weighted by molar-refractivity contribution is 6.08. The Morgan fingerprint density at radius 3 is 2.79 bits per heavy atom. The van der Waals surface area contributed by atoms with Crippen LogP contribution in [0, 0.1) is 6.92 Å². The summed E-state index contributed by atoms with van der Waals surface area (Å²) in [7, 11) is 1.39. The molecule has 1 unspecified atom stereocenters. The molecule has 0 spiro atoms. The number of nitrogens with two attached hydrogens (primary N) is 1. The van der Waals surface area contributed by atoms with Crippen LogP contribution in [0.15, 0.2) is 12.3 Å². The van der Waals surface area contributed by atoms with E-state index in [1.807, 2.05) is 0 Å². The predicted octanol–water partition coefficient (Wildman–Crippen LogP) is -0.541. The molecule has 1 aromatic rings. The van der Waals surface area contributed by atoms with Crippen molar-refractivity contribution in [1.82, 2.24) is 15.2 Å². The van der Waals surface area contributed by atoms with Crippen LogP contribution in [-0.2, 0) is 9.59 Å². The molecule has 2 rings (SSSR count). The van der Waals surface area contributed by atoms with E-state index in [1.165, 1.54) is 19.3 Å². The second kappa shape index (κ2) is 4.68. The minimum atomic E-state index is -0.814. The highest BCUT2D eigenvalue weighted by Gasteiger charge is 2.37. The van der Waals surface area contributed by atoms with Crippen LogP contribution >= 0.6 is 0 Å². The van der Waals surface area contributed by atoms with Crippen LogP contribution in [0.4, 0.5) is 5.69 Å². The summed E-state index contributed by atoms with van der Waals surface area (Å²) >= 11 is 0. The highest BCUT2D eigenvalue weighted by atomic mass is 16.2. The molecule has 1 atom stereocenters. The number of amides is 3. The number of carbonyl (C=O) groups is 3. The molecule has 0 aliphatic carbocycles. The van der Waals surface area contributed by atoms with Gasteiger partial charge in [-0.1, -0.05) is 0 Å². The van der Waals surface area contributed by atoms with Crippen molar-refractivity contribution in [2.24, 2.45) is 0 Å². The summed E-state index contributed by atoms with van der Waals surface area (Å²) in [6, 6.07) is 0.675. The molecule has 1 fully saturated rings. The van der Waals surface area contributed by atoms with Crippen molar-refractivity contribution < 1.29 is 14.4 Å². The van der Waals surface area contributed by atoms with E-state index >= 15 is 0 Å². The van der Waals surface area contributed by atoms with Gasteiger partial charge in [-0.25, -0.2) is 0 Å². The van der Waals surface area contributed by atoms with Gasteiger partial charge in [0.2, 0.25) is 5.91 Å². The van der Waals surface area contributed by atoms with Crippen LogP contribution in [0.3, 0.4) is 0 Å². The second-order valence-corrected chi connectivity index (χ2v) is 4.42. The molecule has 0 bridgehead atoms. The highest BCUT2D eigenvalue weighted by Crippen LogP contribution is 2.13. The van der Waals surface area contributed by atoms with Crippen LogP contribution in [-0.4, -0.2) is 40.7 Å². The van der Waals surface area contributed by atoms with Crippen molar-refractivity contribution in [2.75, 3.05) is 12.8 Å². The average molecular weight is 262 g/mol. The van der Waals surface area contributed by atoms with Gasteiger partial charge >= 0.3 is 0 Å². The van der Waals surface area contributed by atoms with Crippen molar-refractivity contribution in [3.05, 3.63) is 23.5 Å². The number of likely N-dealkylation sites (tertiary alicyclic amines) is 1. The summed E-state index contributed by atoms with van der Waals surface area (Å²) < 4.78 is 0. The largest absolute Gasteiger partial charge is 0.397 e. The number of nitrogen functional groups attached to an aromatic ring is 1. The van der Waals surface area contributed by atoms with E-state index in [2.05, 4.69) is 10.3 Å². The number of imide groups is 1. The molecule has 3 amide bonds. The minimum absolute atomic E-state index is 0.0180. The number of hydrogen-bond donors (Lipinski definition) is 2. The molecule has 19 heavy (non-hydrogen) atoms. The van der Waals surface area contributed by atoms with Gasteiger partial charge in [0.25, 0.3) is 11.8 Å². The number of aromatic nitrogens is 1. The van der Waals surface area contributed by atoms with Crippen molar-refractivity contribution in [1.29, 1.82) is 0 Å². The number of nitrogens with one attached hydrogen (secondary N) is 1. The SMILES string of the molecule is Cc1ncc(N)cc1C(=O)NC1CC(=O)N(C)C1=O. The normalized spacial score (nSPS) is 18.8. The molecule has 0 aromatic carbocycles. The summed E-state index contributed by atoms with van der Waals surface area (Å²) in [5.41, 5.74) is 6.75. The summed E-state index contributed by atoms with van der Waals surface area (Å²) in [6.45, 7) is 1.67. The maximum atomic E-state index is 12.0. The third-order valence-electron chi connectivity index (χ3n) is 3.04. The number of nitrogens with zero attached hydrogens (tertiary/aromatic N) is 2. The van der Waals surface area contributed by atoms with Gasteiger partial charge in [0, 0.05) is 7.05 Å². The number of pyridine rings is 1. The fourth-order valence-corrected chi connectivity index (χ4v) is 1.88. The Bertz CT molecular complexity index is 570. The maximum absolute atomic E-state index is 12.0. The molecule has 1 aromatic heterocycles. The second-order valence-electron chi connectivity index (χ2n) is 4.42. The van der Waals surface area contributed by atoms with E-state index in [4.69, 9.17) is 5.73 Å². The lowest BCUT2D eigenvalue weighted by atomic mass is 10.1. The van der Waals surface area contributed by atoms with Crippen LogP contribution in [0.1, 0.15) is 22.5 Å². The predicted molar refractivity (Wildman–Crippen MR) is 67.0 cm³/mol. The lowest BCUT2D eigenvalue weighted by Gasteiger charge is -2.12. The Morgan fingerprint density at radius 1 is 1.53 bits per heavy atom. The summed E-state index contributed by atoms with van der Waals surface area (Å²) in [6.07, 6.45) is 1.43. The van der Waals surface area contributed by atoms with Gasteiger partial charge in [-0.15, -0.1) is 0 Å². The van der Waals surface area contributed by atoms with Crippen LogP contribution in [0.5, 0.6) is 0 Å². The molecule has 1 saturated heterocycles. The smallest absolute Gasteiger partial charge is 0.253 e. The first-order valence-corrected chi connectivity index (χ1v) is 5.73. The van der Waals surface area contributed by atoms with Gasteiger partial charge < -0.3 is 11.1 Å². The Kier molecular flexibility index (Phi) is 3.20. The molecule has 100 valence electrons. The van der Waals surface area contributed by atoms with Gasteiger partial charge in [0.15, 0.2) is 0 Å². The molecule has 1 aliphatic heterocycles. The summed E-state index contributed by atoms with van der Waals surface area (Å²) in [5, 5.41) is 2.53. The van der Waals surface area contributed by atoms with E-state index in [0.717, 1.165) is 4.90 Å². The number of likely N-dealkylation sites (N-methyl/N-ethyl adjacent to an activating group) is 1. The number of aryl methyl sites for hydroxylation is 1. The molecule has 7 nitrogen and oxygen atoms in total. The quantitative estimate of drug-likeness (QED) is 0.696. The molecular formula is C12H14N4O3. The zero-order valence-corrected chi connectivity index (χ0v) is 10.6. The first-order chi connectivity index (χ1) is 8.90. The molecule has 0 saturated carbocycles. The Morgan fingerprint density at radius 2 is 2.21 bits per heavy atom. The number of hydrogen-bond acceptors (Lipinski definition) is 5. The maximum Gasteiger partial charge on any atom is 0.253 e. The Balaban J connectivity index is 2.16. The van der Waals surface area contributed by atoms with E-state index in [-0.39, 0.29) is 12.3 Å². The third kappa shape index (κ3) is 2.40. The number of carbonyl (C=O) groups excluding carboxylic acids is 3.